The van der Waals surface area contributed by atoms with Gasteiger partial charge in [-0.3, -0.25) is 23.6 Å². The van der Waals surface area contributed by atoms with Gasteiger partial charge in [0, 0.05) is 29.4 Å². The molecule has 0 bridgehead atoms. The number of nitrogen functional groups attached to an aromatic ring is 1. The summed E-state index contributed by atoms with van der Waals surface area (Å²) in [4.78, 5) is 53.2. The van der Waals surface area contributed by atoms with Gasteiger partial charge in [0.15, 0.2) is 5.13 Å². The number of nitrogens with zero attached hydrogens (tertiary/aromatic N) is 7. The number of aliphatic carboxylic acids is 1. The predicted molar refractivity (Wildman–Crippen MR) is 162 cm³/mol. The first kappa shape index (κ1) is 34.6. The van der Waals surface area contributed by atoms with Crippen molar-refractivity contribution < 1.29 is 46.4 Å². The number of carboxylic acids is 1. The topological polar surface area (TPSA) is 271 Å². The zero-order valence-corrected chi connectivity index (χ0v) is 26.8. The summed E-state index contributed by atoms with van der Waals surface area (Å²) in [7, 11) is -2.76. The van der Waals surface area contributed by atoms with Crippen molar-refractivity contribution in [1.82, 2.24) is 34.4 Å². The number of hydrogen-bond acceptors (Lipinski definition) is 15. The van der Waals surface area contributed by atoms with E-state index in [-0.39, 0.29) is 35.5 Å². The number of amides is 2. The SMILES string of the molecule is CCO/N=C(\C(=O)N[C@@H]1C(=O)N2C(C(=O)[O-])=C(C[n+]3cccc4c3ncn4CCCNC)CSC12)c1nsc(N)n1.O=S(=O)(O)O. The number of pyridine rings is 1. The predicted octanol–water partition coefficient (Wildman–Crippen LogP) is -2.44. The van der Waals surface area contributed by atoms with Gasteiger partial charge < -0.3 is 35.7 Å². The molecule has 5 heterocycles. The van der Waals surface area contributed by atoms with E-state index in [1.165, 1.54) is 16.7 Å². The third-order valence-electron chi connectivity index (χ3n) is 6.52. The molecule has 2 amide bonds. The zero-order chi connectivity index (χ0) is 33.6. The number of β-lactam (4-membered cyclic amide) rings is 1. The lowest BCUT2D eigenvalue weighted by Gasteiger charge is -2.50. The molecule has 5 rings (SSSR count). The molecule has 0 radical (unpaired) electrons. The molecular weight excluding hydrogens is 669 g/mol. The Morgan fingerprint density at radius 2 is 2.09 bits per heavy atom. The number of nitrogens with one attached hydrogen (secondary N) is 2. The van der Waals surface area contributed by atoms with Gasteiger partial charge in [0.05, 0.1) is 17.9 Å². The number of carbonyl (C=O) groups is 3. The van der Waals surface area contributed by atoms with E-state index in [0.717, 1.165) is 36.6 Å². The van der Waals surface area contributed by atoms with Crippen molar-refractivity contribution in [2.75, 3.05) is 31.7 Å². The molecule has 0 aromatic carbocycles. The standard InChI is InChI=1S/C24H28N10O5S2.H2O4S/c1-3-39-30-15(18-29-24(25)41-31-18)20(35)28-16-21(36)34-17(23(37)38)13(11-40-22(16)34)10-32-8-4-6-14-19(32)27-12-33(14)9-5-7-26-2;1-5(2,3)4/h4,6,8,12,16,22,26H,3,5,7,9-11H2,1-2H3,(H3-,25,28,29,31,35,37,38);(H2,1,2,3,4)/b30-15-;/t16-,22?;/m1./s1. The number of fused-ring (bicyclic) bond motifs is 2. The molecule has 22 heteroatoms. The minimum atomic E-state index is -4.67. The first-order chi connectivity index (χ1) is 21.8. The third-order valence-corrected chi connectivity index (χ3v) is 8.40. The van der Waals surface area contributed by atoms with Crippen molar-refractivity contribution in [3.8, 4) is 0 Å². The number of carbonyl (C=O) groups excluding carboxylic acids is 3. The highest BCUT2D eigenvalue weighted by Gasteiger charge is 2.53. The van der Waals surface area contributed by atoms with Crippen molar-refractivity contribution in [2.24, 2.45) is 5.16 Å². The second-order valence-corrected chi connectivity index (χ2v) is 12.4. The molecule has 2 aliphatic heterocycles. The summed E-state index contributed by atoms with van der Waals surface area (Å²) >= 11 is 2.23. The smallest absolute Gasteiger partial charge is 0.394 e. The van der Waals surface area contributed by atoms with Gasteiger partial charge in [0.25, 0.3) is 11.8 Å². The number of rotatable bonds is 12. The van der Waals surface area contributed by atoms with Crippen molar-refractivity contribution in [1.29, 1.82) is 0 Å². The van der Waals surface area contributed by atoms with Gasteiger partial charge >= 0.3 is 16.0 Å². The molecule has 3 aromatic rings. The average molecular weight is 699 g/mol. The van der Waals surface area contributed by atoms with Crippen LogP contribution in [-0.4, -0.2) is 102 Å². The van der Waals surface area contributed by atoms with Gasteiger partial charge in [-0.1, -0.05) is 5.16 Å². The molecule has 3 aromatic heterocycles. The first-order valence-corrected chi connectivity index (χ1v) is 16.7. The summed E-state index contributed by atoms with van der Waals surface area (Å²) in [5.41, 5.74) is 7.33. The summed E-state index contributed by atoms with van der Waals surface area (Å²) in [6.07, 6.45) is 4.52. The maximum atomic E-state index is 13.2. The van der Waals surface area contributed by atoms with E-state index < -0.39 is 39.6 Å². The van der Waals surface area contributed by atoms with Crippen LogP contribution in [-0.2, 0) is 42.7 Å². The Labute approximate surface area is 270 Å². The van der Waals surface area contributed by atoms with Gasteiger partial charge in [-0.2, -0.15) is 17.8 Å². The summed E-state index contributed by atoms with van der Waals surface area (Å²) in [6.45, 7) is 3.74. The molecule has 0 aliphatic carbocycles. The maximum absolute atomic E-state index is 13.2. The van der Waals surface area contributed by atoms with Crippen molar-refractivity contribution >= 4 is 73.5 Å². The van der Waals surface area contributed by atoms with E-state index in [0.29, 0.717) is 17.0 Å². The Kier molecular flexibility index (Phi) is 11.2. The second-order valence-electron chi connectivity index (χ2n) is 9.60. The molecule has 46 heavy (non-hydrogen) atoms. The van der Waals surface area contributed by atoms with Gasteiger partial charge in [0.2, 0.25) is 17.9 Å². The number of thioether (sulfide) groups is 1. The van der Waals surface area contributed by atoms with Crippen LogP contribution >= 0.6 is 23.3 Å². The number of nitrogens with two attached hydrogens (primary N) is 1. The molecular formula is C24H30N10O9S3. The second kappa shape index (κ2) is 14.9. The fourth-order valence-corrected chi connectivity index (χ4v) is 6.44. The fourth-order valence-electron chi connectivity index (χ4n) is 4.67. The lowest BCUT2D eigenvalue weighted by molar-refractivity contribution is -0.664. The van der Waals surface area contributed by atoms with Crippen LogP contribution in [0.1, 0.15) is 19.2 Å². The average Bonchev–Trinajstić information content (AvgIpc) is 3.61. The van der Waals surface area contributed by atoms with Gasteiger partial charge in [-0.25, -0.2) is 4.57 Å². The molecule has 6 N–H and O–H groups in total. The van der Waals surface area contributed by atoms with Crippen LogP contribution in [0.4, 0.5) is 5.13 Å². The van der Waals surface area contributed by atoms with Crippen LogP contribution in [0.25, 0.3) is 11.2 Å². The fraction of sp³-hybridized carbons (Fsp3) is 0.417. The first-order valence-electron chi connectivity index (χ1n) is 13.5. The number of oxime groups is 1. The largest absolute Gasteiger partial charge is 0.543 e. The Morgan fingerprint density at radius 1 is 1.35 bits per heavy atom. The van der Waals surface area contributed by atoms with Crippen molar-refractivity contribution in [3.05, 3.63) is 41.8 Å². The minimum Gasteiger partial charge on any atom is -0.543 e. The van der Waals surface area contributed by atoms with E-state index >= 15 is 0 Å². The van der Waals surface area contributed by atoms with Gasteiger partial charge in [0.1, 0.15) is 30.1 Å². The number of aryl methyl sites for hydroxylation is 1. The highest BCUT2D eigenvalue weighted by atomic mass is 32.3. The molecule has 1 saturated heterocycles. The summed E-state index contributed by atoms with van der Waals surface area (Å²) in [6, 6.07) is 2.85. The molecule has 1 unspecified atom stereocenters. The summed E-state index contributed by atoms with van der Waals surface area (Å²) < 4.78 is 39.5. The number of anilines is 1. The number of carboxylic acid groups (broad SMARTS) is 1. The van der Waals surface area contributed by atoms with E-state index in [1.54, 1.807) is 13.3 Å². The maximum Gasteiger partial charge on any atom is 0.394 e. The van der Waals surface area contributed by atoms with Crippen LogP contribution in [0.5, 0.6) is 0 Å². The Hall–Kier alpha value is -4.22. The molecule has 0 saturated carbocycles. The zero-order valence-electron chi connectivity index (χ0n) is 24.4. The van der Waals surface area contributed by atoms with Crippen molar-refractivity contribution in [3.63, 3.8) is 0 Å². The van der Waals surface area contributed by atoms with E-state index in [9.17, 15) is 19.5 Å². The Bertz CT molecular complexity index is 1780. The Balaban J connectivity index is 0.000000892. The van der Waals surface area contributed by atoms with Gasteiger partial charge in [-0.15, -0.1) is 11.8 Å². The van der Waals surface area contributed by atoms with Crippen LogP contribution in [0, 0.1) is 0 Å². The molecule has 2 atom stereocenters. The highest BCUT2D eigenvalue weighted by Crippen LogP contribution is 2.40. The van der Waals surface area contributed by atoms with E-state index in [2.05, 4.69) is 30.1 Å². The lowest BCUT2D eigenvalue weighted by atomic mass is 10.0. The van der Waals surface area contributed by atoms with Crippen LogP contribution in [0.3, 0.4) is 0 Å². The third kappa shape index (κ3) is 8.13. The molecule has 248 valence electrons. The quantitative estimate of drug-likeness (QED) is 0.0328. The number of hydrogen-bond donors (Lipinski definition) is 5. The molecule has 19 nitrogen and oxygen atoms in total. The van der Waals surface area contributed by atoms with Crippen LogP contribution < -0.4 is 26.0 Å². The number of imidazole rings is 1. The highest BCUT2D eigenvalue weighted by molar-refractivity contribution is 8.00. The van der Waals surface area contributed by atoms with Gasteiger partial charge in [-0.05, 0) is 44.1 Å². The van der Waals surface area contributed by atoms with Crippen LogP contribution in [0.15, 0.2) is 41.1 Å². The number of aromatic nitrogens is 5. The Morgan fingerprint density at radius 3 is 2.72 bits per heavy atom. The summed E-state index contributed by atoms with van der Waals surface area (Å²) in [5, 5.41) is 21.3. The normalized spacial score (nSPS) is 18.0. The van der Waals surface area contributed by atoms with Crippen molar-refractivity contribution in [2.45, 2.75) is 37.8 Å². The lowest BCUT2D eigenvalue weighted by Crippen LogP contribution is -2.71. The monoisotopic (exact) mass is 698 g/mol. The van der Waals surface area contributed by atoms with E-state index in [4.69, 9.17) is 28.1 Å². The summed E-state index contributed by atoms with van der Waals surface area (Å²) in [5.74, 6) is -2.51. The molecule has 0 spiro atoms. The van der Waals surface area contributed by atoms with E-state index in [1.807, 2.05) is 34.5 Å². The molecule has 1 fully saturated rings. The van der Waals surface area contributed by atoms with Crippen LogP contribution in [0.2, 0.25) is 0 Å². The minimum absolute atomic E-state index is 0.0355. The molecule has 2 aliphatic rings.